The van der Waals surface area contributed by atoms with Gasteiger partial charge in [0.15, 0.2) is 0 Å². The monoisotopic (exact) mass is 761 g/mol. The van der Waals surface area contributed by atoms with Crippen LogP contribution in [0.2, 0.25) is 0 Å². The molecule has 0 atom stereocenters. The van der Waals surface area contributed by atoms with E-state index in [1.54, 1.807) is 0 Å². The summed E-state index contributed by atoms with van der Waals surface area (Å²) in [5.74, 6) is 0. The van der Waals surface area contributed by atoms with E-state index >= 15 is 0 Å². The molecular weight excluding hydrogens is 727 g/mol. The Morgan fingerprint density at radius 2 is 0.383 bits per heavy atom. The lowest BCUT2D eigenvalue weighted by Gasteiger charge is -2.12. The van der Waals surface area contributed by atoms with Gasteiger partial charge in [-0.1, -0.05) is 146 Å². The van der Waals surface area contributed by atoms with E-state index in [1.807, 2.05) is 60.7 Å². The highest BCUT2D eigenvalue weighted by atomic mass is 14.2. The average Bonchev–Trinajstić information content (AvgIpc) is 3.34. The molecule has 0 radical (unpaired) electrons. The summed E-state index contributed by atoms with van der Waals surface area (Å²) in [4.78, 5) is 0. The van der Waals surface area contributed by atoms with E-state index in [-0.39, 0.29) is 0 Å². The van der Waals surface area contributed by atoms with E-state index < -0.39 is 0 Å². The van der Waals surface area contributed by atoms with Crippen LogP contribution in [0.4, 0.5) is 0 Å². The first kappa shape index (κ1) is 37.1. The first-order chi connectivity index (χ1) is 29.5. The van der Waals surface area contributed by atoms with Crippen LogP contribution in [0.1, 0.15) is 16.7 Å². The van der Waals surface area contributed by atoms with Crippen LogP contribution >= 0.6 is 0 Å². The number of rotatable bonds is 8. The highest BCUT2D eigenvalue weighted by molar-refractivity contribution is 5.83. The minimum Gasteiger partial charge on any atom is -0.192 e. The molecule has 0 aliphatic heterocycles. The third kappa shape index (κ3) is 7.87. The van der Waals surface area contributed by atoms with Gasteiger partial charge in [0, 0.05) is 0 Å². The fourth-order valence-electron chi connectivity index (χ4n) is 7.72. The summed E-state index contributed by atoms with van der Waals surface area (Å²) in [6.45, 7) is 0. The van der Waals surface area contributed by atoms with Crippen molar-refractivity contribution in [1.82, 2.24) is 0 Å². The van der Waals surface area contributed by atoms with Crippen LogP contribution < -0.4 is 0 Å². The van der Waals surface area contributed by atoms with Crippen LogP contribution in [-0.2, 0) is 0 Å². The van der Waals surface area contributed by atoms with E-state index in [2.05, 4.69) is 170 Å². The van der Waals surface area contributed by atoms with Gasteiger partial charge in [-0.15, -0.1) is 0 Å². The maximum Gasteiger partial charge on any atom is 0.0992 e. The highest BCUT2D eigenvalue weighted by Crippen LogP contribution is 2.35. The van der Waals surface area contributed by atoms with Crippen molar-refractivity contribution in [1.29, 1.82) is 15.8 Å². The fourth-order valence-corrected chi connectivity index (χ4v) is 7.72. The van der Waals surface area contributed by atoms with Gasteiger partial charge in [0.05, 0.1) is 34.9 Å². The Morgan fingerprint density at radius 3 is 0.650 bits per heavy atom. The van der Waals surface area contributed by atoms with Gasteiger partial charge >= 0.3 is 0 Å². The fraction of sp³-hybridized carbons (Fsp3) is 0. The normalized spacial score (nSPS) is 10.6. The maximum absolute atomic E-state index is 10.2. The van der Waals surface area contributed by atoms with Crippen molar-refractivity contribution in [3.05, 3.63) is 229 Å². The molecule has 9 aromatic rings. The van der Waals surface area contributed by atoms with Gasteiger partial charge in [-0.3, -0.25) is 0 Å². The lowest BCUT2D eigenvalue weighted by Crippen LogP contribution is -1.88. The Balaban J connectivity index is 0.970. The zero-order valence-electron chi connectivity index (χ0n) is 32.5. The van der Waals surface area contributed by atoms with Gasteiger partial charge < -0.3 is 0 Å². The molecule has 0 unspecified atom stereocenters. The molecule has 0 bridgehead atoms. The molecule has 0 aliphatic rings. The van der Waals surface area contributed by atoms with Crippen LogP contribution in [-0.4, -0.2) is 0 Å². The van der Waals surface area contributed by atoms with Crippen molar-refractivity contribution in [3.8, 4) is 107 Å². The Bertz CT molecular complexity index is 2930. The maximum atomic E-state index is 10.2. The summed E-state index contributed by atoms with van der Waals surface area (Å²) < 4.78 is 0. The quantitative estimate of drug-likeness (QED) is 0.155. The summed E-state index contributed by atoms with van der Waals surface area (Å²) in [6.07, 6.45) is 0. The van der Waals surface area contributed by atoms with Crippen molar-refractivity contribution in [2.24, 2.45) is 0 Å². The molecule has 0 amide bonds. The molecule has 3 nitrogen and oxygen atoms in total. The van der Waals surface area contributed by atoms with Crippen LogP contribution in [0.3, 0.4) is 0 Å². The zero-order valence-corrected chi connectivity index (χ0v) is 32.5. The molecule has 0 spiro atoms. The highest BCUT2D eigenvalue weighted by Gasteiger charge is 2.11. The van der Waals surface area contributed by atoms with Crippen LogP contribution in [0.5, 0.6) is 0 Å². The predicted molar refractivity (Wildman–Crippen MR) is 244 cm³/mol. The van der Waals surface area contributed by atoms with Crippen molar-refractivity contribution in [3.63, 3.8) is 0 Å². The van der Waals surface area contributed by atoms with E-state index in [0.29, 0.717) is 16.7 Å². The standard InChI is InChI=1S/C57H35N3/c58-36-39-13-17-42(18-14-39)44-21-25-46(26-22-44)48-5-1-7-50(31-48)52-9-3-11-54(33-52)56-29-41(38-60)30-57(35-56)55-12-4-10-53(34-55)51-8-2-6-49(32-51)47-27-23-45(24-28-47)43-19-15-40(37-59)16-20-43/h1-35H. The van der Waals surface area contributed by atoms with Gasteiger partial charge in [0.25, 0.3) is 0 Å². The molecule has 0 saturated carbocycles. The third-order valence-electron chi connectivity index (χ3n) is 11.0. The number of hydrogen-bond donors (Lipinski definition) is 0. The first-order valence-corrected chi connectivity index (χ1v) is 19.7. The van der Waals surface area contributed by atoms with Crippen molar-refractivity contribution >= 4 is 0 Å². The Morgan fingerprint density at radius 1 is 0.183 bits per heavy atom. The molecule has 0 fully saturated rings. The number of nitrogens with zero attached hydrogens (tertiary/aromatic N) is 3. The number of hydrogen-bond acceptors (Lipinski definition) is 3. The van der Waals surface area contributed by atoms with Gasteiger partial charge in [0.2, 0.25) is 0 Å². The summed E-state index contributed by atoms with van der Waals surface area (Å²) >= 11 is 0. The molecule has 0 saturated heterocycles. The topological polar surface area (TPSA) is 71.4 Å². The Labute approximate surface area is 350 Å². The molecule has 0 aliphatic carbocycles. The smallest absolute Gasteiger partial charge is 0.0992 e. The summed E-state index contributed by atoms with van der Waals surface area (Å²) in [7, 11) is 0. The number of nitriles is 3. The van der Waals surface area contributed by atoms with Crippen molar-refractivity contribution < 1.29 is 0 Å². The predicted octanol–water partition coefficient (Wildman–Crippen LogP) is 14.6. The zero-order chi connectivity index (χ0) is 40.8. The minimum atomic E-state index is 0.608. The number of benzene rings is 9. The van der Waals surface area contributed by atoms with Gasteiger partial charge in [-0.2, -0.15) is 15.8 Å². The van der Waals surface area contributed by atoms with Crippen LogP contribution in [0.15, 0.2) is 212 Å². The molecule has 0 N–H and O–H groups in total. The van der Waals surface area contributed by atoms with Gasteiger partial charge in [0.1, 0.15) is 0 Å². The van der Waals surface area contributed by atoms with Gasteiger partial charge in [-0.05, 0) is 156 Å². The molecule has 3 heteroatoms. The molecule has 9 aromatic carbocycles. The molecule has 278 valence electrons. The second-order valence-corrected chi connectivity index (χ2v) is 14.8. The minimum absolute atomic E-state index is 0.608. The Hall–Kier alpha value is -8.55. The second-order valence-electron chi connectivity index (χ2n) is 14.8. The summed E-state index contributed by atoms with van der Waals surface area (Å²) in [5.41, 5.74) is 19.2. The summed E-state index contributed by atoms with van der Waals surface area (Å²) in [6, 6.07) is 79.5. The average molecular weight is 762 g/mol. The van der Waals surface area contributed by atoms with Crippen LogP contribution in [0, 0.1) is 34.0 Å². The molecule has 60 heavy (non-hydrogen) atoms. The largest absolute Gasteiger partial charge is 0.192 e. The third-order valence-corrected chi connectivity index (χ3v) is 11.0. The van der Waals surface area contributed by atoms with E-state index in [0.717, 1.165) is 89.0 Å². The Kier molecular flexibility index (Phi) is 10.2. The van der Waals surface area contributed by atoms with Crippen molar-refractivity contribution in [2.75, 3.05) is 0 Å². The SMILES string of the molecule is N#Cc1ccc(-c2ccc(-c3cccc(-c4cccc(-c5cc(C#N)cc(-c6cccc(-c7cccc(-c8ccc(-c9ccc(C#N)cc9)cc8)c7)c6)c5)c4)c3)cc2)cc1. The van der Waals surface area contributed by atoms with E-state index in [1.165, 1.54) is 0 Å². The molecule has 0 aromatic heterocycles. The van der Waals surface area contributed by atoms with Gasteiger partial charge in [-0.25, -0.2) is 0 Å². The molecule has 9 rings (SSSR count). The van der Waals surface area contributed by atoms with Crippen molar-refractivity contribution in [2.45, 2.75) is 0 Å². The summed E-state index contributed by atoms with van der Waals surface area (Å²) in [5, 5.41) is 28.5. The first-order valence-electron chi connectivity index (χ1n) is 19.7. The van der Waals surface area contributed by atoms with E-state index in [4.69, 9.17) is 10.5 Å². The second kappa shape index (κ2) is 16.5. The molecular formula is C57H35N3. The molecule has 0 heterocycles. The van der Waals surface area contributed by atoms with Crippen LogP contribution in [0.25, 0.3) is 89.0 Å². The van der Waals surface area contributed by atoms with E-state index in [9.17, 15) is 5.26 Å². The lowest BCUT2D eigenvalue weighted by molar-refractivity contribution is 1.48. The lowest BCUT2D eigenvalue weighted by atomic mass is 9.92.